The van der Waals surface area contributed by atoms with Gasteiger partial charge in [0, 0.05) is 29.6 Å². The van der Waals surface area contributed by atoms with Crippen LogP contribution in [0.2, 0.25) is 0 Å². The van der Waals surface area contributed by atoms with Crippen LogP contribution in [0.25, 0.3) is 11.3 Å². The predicted molar refractivity (Wildman–Crippen MR) is 107 cm³/mol. The molecule has 2 aromatic carbocycles. The highest BCUT2D eigenvalue weighted by atomic mass is 32.2. The van der Waals surface area contributed by atoms with Crippen molar-refractivity contribution in [2.45, 2.75) is 18.7 Å². The Hall–Kier alpha value is -3.10. The number of nitrogens with zero attached hydrogens (tertiary/aromatic N) is 2. The standard InChI is InChI=1S/C20H20N4O3S/c1-3-22-28(26,27)18-9-7-15(8-10-18)20(25)24-17-6-4-5-16(13-17)19-11-12-21-14(2)23-19/h4-13,22H,3H2,1-2H3,(H,24,25). The molecule has 2 N–H and O–H groups in total. The number of hydrogen-bond acceptors (Lipinski definition) is 5. The number of aromatic nitrogens is 2. The molecule has 0 aliphatic carbocycles. The fraction of sp³-hybridized carbons (Fsp3) is 0.150. The van der Waals surface area contributed by atoms with Gasteiger partial charge in [-0.2, -0.15) is 0 Å². The first kappa shape index (κ1) is 19.7. The van der Waals surface area contributed by atoms with Crippen LogP contribution in [0.15, 0.2) is 65.7 Å². The highest BCUT2D eigenvalue weighted by molar-refractivity contribution is 7.89. The number of carbonyl (C=O) groups is 1. The highest BCUT2D eigenvalue weighted by Gasteiger charge is 2.14. The molecule has 0 aliphatic rings. The molecule has 144 valence electrons. The van der Waals surface area contributed by atoms with Gasteiger partial charge in [0.15, 0.2) is 0 Å². The molecule has 1 heterocycles. The van der Waals surface area contributed by atoms with Gasteiger partial charge in [-0.05, 0) is 49.4 Å². The van der Waals surface area contributed by atoms with Crippen LogP contribution in [0, 0.1) is 6.92 Å². The fourth-order valence-electron chi connectivity index (χ4n) is 2.64. The zero-order valence-corrected chi connectivity index (χ0v) is 16.3. The number of carbonyl (C=O) groups excluding carboxylic acids is 1. The van der Waals surface area contributed by atoms with E-state index >= 15 is 0 Å². The van der Waals surface area contributed by atoms with E-state index in [-0.39, 0.29) is 10.8 Å². The summed E-state index contributed by atoms with van der Waals surface area (Å²) in [6, 6.07) is 14.9. The molecule has 0 unspecified atom stereocenters. The lowest BCUT2D eigenvalue weighted by atomic mass is 10.1. The quantitative estimate of drug-likeness (QED) is 0.667. The van der Waals surface area contributed by atoms with Crippen molar-refractivity contribution < 1.29 is 13.2 Å². The molecule has 3 aromatic rings. The lowest BCUT2D eigenvalue weighted by molar-refractivity contribution is 0.102. The van der Waals surface area contributed by atoms with E-state index in [2.05, 4.69) is 20.0 Å². The summed E-state index contributed by atoms with van der Waals surface area (Å²) in [7, 11) is -3.55. The van der Waals surface area contributed by atoms with Crippen molar-refractivity contribution in [3.8, 4) is 11.3 Å². The Labute approximate surface area is 163 Å². The number of sulfonamides is 1. The minimum atomic E-state index is -3.55. The molecule has 0 saturated heterocycles. The molecule has 0 fully saturated rings. The van der Waals surface area contributed by atoms with Crippen molar-refractivity contribution in [1.29, 1.82) is 0 Å². The SMILES string of the molecule is CCNS(=O)(=O)c1ccc(C(=O)Nc2cccc(-c3ccnc(C)n3)c2)cc1. The van der Waals surface area contributed by atoms with Crippen LogP contribution in [-0.2, 0) is 10.0 Å². The third kappa shape index (κ3) is 4.59. The normalized spacial score (nSPS) is 11.2. The second-order valence-electron chi connectivity index (χ2n) is 6.05. The van der Waals surface area contributed by atoms with Crippen LogP contribution >= 0.6 is 0 Å². The third-order valence-electron chi connectivity index (χ3n) is 3.95. The maximum Gasteiger partial charge on any atom is 0.255 e. The van der Waals surface area contributed by atoms with Crippen molar-refractivity contribution in [2.24, 2.45) is 0 Å². The van der Waals surface area contributed by atoms with Crippen molar-refractivity contribution in [1.82, 2.24) is 14.7 Å². The monoisotopic (exact) mass is 396 g/mol. The smallest absolute Gasteiger partial charge is 0.255 e. The molecule has 7 nitrogen and oxygen atoms in total. The van der Waals surface area contributed by atoms with E-state index in [4.69, 9.17) is 0 Å². The van der Waals surface area contributed by atoms with Gasteiger partial charge in [0.2, 0.25) is 10.0 Å². The number of rotatable bonds is 6. The van der Waals surface area contributed by atoms with Crippen LogP contribution in [-0.4, -0.2) is 30.8 Å². The molecular weight excluding hydrogens is 376 g/mol. The summed E-state index contributed by atoms with van der Waals surface area (Å²) in [6.07, 6.45) is 1.69. The molecule has 1 amide bonds. The van der Waals surface area contributed by atoms with Crippen LogP contribution in [0.3, 0.4) is 0 Å². The van der Waals surface area contributed by atoms with Gasteiger partial charge < -0.3 is 5.32 Å². The summed E-state index contributed by atoms with van der Waals surface area (Å²) in [5.74, 6) is 0.336. The van der Waals surface area contributed by atoms with E-state index in [1.807, 2.05) is 25.1 Å². The number of benzene rings is 2. The van der Waals surface area contributed by atoms with Gasteiger partial charge in [0.1, 0.15) is 5.82 Å². The number of nitrogens with one attached hydrogen (secondary N) is 2. The summed E-state index contributed by atoms with van der Waals surface area (Å²) >= 11 is 0. The van der Waals surface area contributed by atoms with Crippen molar-refractivity contribution >= 4 is 21.6 Å². The largest absolute Gasteiger partial charge is 0.322 e. The Morgan fingerprint density at radius 2 is 1.82 bits per heavy atom. The molecular formula is C20H20N4O3S. The lowest BCUT2D eigenvalue weighted by Crippen LogP contribution is -2.23. The zero-order chi connectivity index (χ0) is 20.1. The average Bonchev–Trinajstić information content (AvgIpc) is 2.68. The van der Waals surface area contributed by atoms with Gasteiger partial charge in [-0.25, -0.2) is 23.1 Å². The Morgan fingerprint density at radius 3 is 2.50 bits per heavy atom. The van der Waals surface area contributed by atoms with Gasteiger partial charge in [-0.3, -0.25) is 4.79 Å². The number of hydrogen-bond donors (Lipinski definition) is 2. The molecule has 0 atom stereocenters. The summed E-state index contributed by atoms with van der Waals surface area (Å²) < 4.78 is 26.4. The van der Waals surface area contributed by atoms with Gasteiger partial charge in [-0.1, -0.05) is 19.1 Å². The lowest BCUT2D eigenvalue weighted by Gasteiger charge is -2.09. The van der Waals surface area contributed by atoms with E-state index < -0.39 is 10.0 Å². The molecule has 0 spiro atoms. The maximum absolute atomic E-state index is 12.5. The first-order chi connectivity index (χ1) is 13.4. The van der Waals surface area contributed by atoms with Gasteiger partial charge in [0.05, 0.1) is 10.6 Å². The molecule has 3 rings (SSSR count). The number of amides is 1. The van der Waals surface area contributed by atoms with Gasteiger partial charge >= 0.3 is 0 Å². The Bertz CT molecular complexity index is 1100. The van der Waals surface area contributed by atoms with Gasteiger partial charge in [0.25, 0.3) is 5.91 Å². The maximum atomic E-state index is 12.5. The van der Waals surface area contributed by atoms with E-state index in [0.717, 1.165) is 11.3 Å². The minimum absolute atomic E-state index is 0.118. The van der Waals surface area contributed by atoms with Gasteiger partial charge in [-0.15, -0.1) is 0 Å². The fourth-order valence-corrected chi connectivity index (χ4v) is 3.68. The molecule has 8 heteroatoms. The average molecular weight is 396 g/mol. The Kier molecular flexibility index (Phi) is 5.81. The molecule has 0 aliphatic heterocycles. The summed E-state index contributed by atoms with van der Waals surface area (Å²) in [5.41, 5.74) is 2.60. The zero-order valence-electron chi connectivity index (χ0n) is 15.5. The molecule has 0 saturated carbocycles. The van der Waals surface area contributed by atoms with Crippen LogP contribution in [0.4, 0.5) is 5.69 Å². The third-order valence-corrected chi connectivity index (χ3v) is 5.51. The second kappa shape index (κ2) is 8.28. The second-order valence-corrected chi connectivity index (χ2v) is 7.82. The van der Waals surface area contributed by atoms with E-state index in [1.54, 1.807) is 25.3 Å². The first-order valence-corrected chi connectivity index (χ1v) is 10.2. The van der Waals surface area contributed by atoms with Crippen molar-refractivity contribution in [3.63, 3.8) is 0 Å². The van der Waals surface area contributed by atoms with Crippen molar-refractivity contribution in [2.75, 3.05) is 11.9 Å². The molecule has 1 aromatic heterocycles. The van der Waals surface area contributed by atoms with Crippen LogP contribution in [0.1, 0.15) is 23.1 Å². The molecule has 0 bridgehead atoms. The molecule has 0 radical (unpaired) electrons. The predicted octanol–water partition coefficient (Wildman–Crippen LogP) is 3.00. The number of aryl methyl sites for hydroxylation is 1. The van der Waals surface area contributed by atoms with Crippen molar-refractivity contribution in [3.05, 3.63) is 72.2 Å². The van der Waals surface area contributed by atoms with Crippen LogP contribution < -0.4 is 10.0 Å². The summed E-state index contributed by atoms with van der Waals surface area (Å²) in [4.78, 5) is 21.1. The van der Waals surface area contributed by atoms with Crippen LogP contribution in [0.5, 0.6) is 0 Å². The summed E-state index contributed by atoms with van der Waals surface area (Å²) in [6.45, 7) is 3.82. The topological polar surface area (TPSA) is 101 Å². The Balaban J connectivity index is 1.77. The minimum Gasteiger partial charge on any atom is -0.322 e. The van der Waals surface area contributed by atoms with E-state index in [9.17, 15) is 13.2 Å². The summed E-state index contributed by atoms with van der Waals surface area (Å²) in [5, 5.41) is 2.82. The first-order valence-electron chi connectivity index (χ1n) is 8.70. The number of anilines is 1. The highest BCUT2D eigenvalue weighted by Crippen LogP contribution is 2.21. The van der Waals surface area contributed by atoms with E-state index in [1.165, 1.54) is 24.3 Å². The molecule has 28 heavy (non-hydrogen) atoms. The van der Waals surface area contributed by atoms with E-state index in [0.29, 0.717) is 23.6 Å². The Morgan fingerprint density at radius 1 is 1.07 bits per heavy atom.